The van der Waals surface area contributed by atoms with Crippen LogP contribution in [0.15, 0.2) is 63.9 Å². The Hall–Kier alpha value is -3.65. The molecule has 0 radical (unpaired) electrons. The lowest BCUT2D eigenvalue weighted by molar-refractivity contribution is -0.127. The van der Waals surface area contributed by atoms with Gasteiger partial charge in [-0.3, -0.25) is 19.3 Å². The van der Waals surface area contributed by atoms with Crippen LogP contribution in [0.2, 0.25) is 0 Å². The van der Waals surface area contributed by atoms with Gasteiger partial charge in [0.25, 0.3) is 11.1 Å². The fourth-order valence-corrected chi connectivity index (χ4v) is 3.97. The quantitative estimate of drug-likeness (QED) is 0.528. The fraction of sp³-hybridized carbons (Fsp3) is 0.125. The van der Waals surface area contributed by atoms with Crippen molar-refractivity contribution in [3.63, 3.8) is 0 Å². The largest absolute Gasteiger partial charge is 0.457 e. The van der Waals surface area contributed by atoms with Crippen LogP contribution < -0.4 is 5.32 Å². The molecule has 4 rings (SSSR count). The minimum atomic E-state index is -0.570. The predicted molar refractivity (Wildman–Crippen MR) is 121 cm³/mol. The summed E-state index contributed by atoms with van der Waals surface area (Å²) in [6.45, 7) is 3.51. The van der Waals surface area contributed by atoms with Gasteiger partial charge < -0.3 is 9.73 Å². The third-order valence-corrected chi connectivity index (χ3v) is 5.88. The monoisotopic (exact) mass is 450 g/mol. The topological polar surface area (TPSA) is 79.6 Å². The van der Waals surface area contributed by atoms with Crippen molar-refractivity contribution in [3.05, 3.63) is 82.2 Å². The maximum atomic E-state index is 13.4. The number of carbonyl (C=O) groups excluding carboxylic acids is 3. The lowest BCUT2D eigenvalue weighted by atomic mass is 10.1. The first-order valence-corrected chi connectivity index (χ1v) is 10.6. The van der Waals surface area contributed by atoms with Crippen molar-refractivity contribution in [2.45, 2.75) is 13.8 Å². The molecule has 1 N–H and O–H groups in total. The second-order valence-electron chi connectivity index (χ2n) is 7.33. The highest BCUT2D eigenvalue weighted by molar-refractivity contribution is 8.18. The van der Waals surface area contributed by atoms with Crippen LogP contribution in [-0.4, -0.2) is 28.5 Å². The molecule has 162 valence electrons. The molecule has 32 heavy (non-hydrogen) atoms. The Morgan fingerprint density at radius 1 is 1.09 bits per heavy atom. The van der Waals surface area contributed by atoms with E-state index in [0.29, 0.717) is 22.8 Å². The molecule has 0 saturated carbocycles. The average Bonchev–Trinajstić information content (AvgIpc) is 3.31. The highest BCUT2D eigenvalue weighted by Crippen LogP contribution is 2.33. The Kier molecular flexibility index (Phi) is 5.96. The number of thioether (sulfide) groups is 1. The molecule has 0 unspecified atom stereocenters. The number of halogens is 1. The summed E-state index contributed by atoms with van der Waals surface area (Å²) >= 11 is 0.735. The van der Waals surface area contributed by atoms with E-state index in [0.717, 1.165) is 27.8 Å². The van der Waals surface area contributed by atoms with E-state index in [1.165, 1.54) is 18.2 Å². The molecule has 1 aromatic heterocycles. The van der Waals surface area contributed by atoms with E-state index in [4.69, 9.17) is 4.42 Å². The number of carbonyl (C=O) groups is 3. The van der Waals surface area contributed by atoms with Gasteiger partial charge in [-0.05, 0) is 73.1 Å². The lowest BCUT2D eigenvalue weighted by Gasteiger charge is -2.13. The molecule has 2 heterocycles. The van der Waals surface area contributed by atoms with Gasteiger partial charge in [0.05, 0.1) is 4.91 Å². The zero-order valence-corrected chi connectivity index (χ0v) is 18.2. The van der Waals surface area contributed by atoms with E-state index in [2.05, 4.69) is 5.32 Å². The normalized spacial score (nSPS) is 15.0. The van der Waals surface area contributed by atoms with Crippen LogP contribution >= 0.6 is 11.8 Å². The van der Waals surface area contributed by atoms with Crippen molar-refractivity contribution in [1.29, 1.82) is 0 Å². The number of hydrogen-bond donors (Lipinski definition) is 1. The summed E-state index contributed by atoms with van der Waals surface area (Å²) in [6, 6.07) is 14.7. The first kappa shape index (κ1) is 21.6. The van der Waals surface area contributed by atoms with E-state index in [-0.39, 0.29) is 17.3 Å². The van der Waals surface area contributed by atoms with Crippen molar-refractivity contribution < 1.29 is 23.2 Å². The van der Waals surface area contributed by atoms with Crippen LogP contribution in [-0.2, 0) is 9.59 Å². The lowest BCUT2D eigenvalue weighted by Crippen LogP contribution is -2.36. The number of benzene rings is 2. The Bertz CT molecular complexity index is 1260. The average molecular weight is 450 g/mol. The standard InChI is InChI=1S/C24H19FN2O4S/c1-14-6-7-18(10-15(14)2)26-22(28)13-27-23(29)21(32-24(27)30)12-19-8-9-20(31-19)16-4-3-5-17(25)11-16/h3-12H,13H2,1-2H3,(H,26,28)/b21-12-. The van der Waals surface area contributed by atoms with Gasteiger partial charge in [-0.25, -0.2) is 4.39 Å². The van der Waals surface area contributed by atoms with Gasteiger partial charge in [0.15, 0.2) is 0 Å². The van der Waals surface area contributed by atoms with Crippen LogP contribution in [0, 0.1) is 19.7 Å². The predicted octanol–water partition coefficient (Wildman–Crippen LogP) is 5.38. The summed E-state index contributed by atoms with van der Waals surface area (Å²) in [5, 5.41) is 2.17. The van der Waals surface area contributed by atoms with Crippen molar-refractivity contribution in [2.24, 2.45) is 0 Å². The zero-order valence-electron chi connectivity index (χ0n) is 17.3. The van der Waals surface area contributed by atoms with E-state index in [9.17, 15) is 18.8 Å². The van der Waals surface area contributed by atoms with Gasteiger partial charge in [-0.15, -0.1) is 0 Å². The third-order valence-electron chi connectivity index (χ3n) is 4.98. The molecule has 8 heteroatoms. The molecular weight excluding hydrogens is 431 g/mol. The molecule has 1 aliphatic rings. The van der Waals surface area contributed by atoms with Crippen molar-refractivity contribution in [1.82, 2.24) is 4.90 Å². The van der Waals surface area contributed by atoms with Gasteiger partial charge in [-0.2, -0.15) is 0 Å². The number of nitrogens with zero attached hydrogens (tertiary/aromatic N) is 1. The van der Waals surface area contributed by atoms with Crippen molar-refractivity contribution in [3.8, 4) is 11.3 Å². The van der Waals surface area contributed by atoms with Gasteiger partial charge in [0, 0.05) is 17.3 Å². The summed E-state index contributed by atoms with van der Waals surface area (Å²) in [7, 11) is 0. The maximum Gasteiger partial charge on any atom is 0.294 e. The Morgan fingerprint density at radius 2 is 1.91 bits per heavy atom. The van der Waals surface area contributed by atoms with Crippen LogP contribution in [0.1, 0.15) is 16.9 Å². The summed E-state index contributed by atoms with van der Waals surface area (Å²) in [5.74, 6) is -0.653. The van der Waals surface area contributed by atoms with E-state index in [1.807, 2.05) is 26.0 Å². The molecule has 3 amide bonds. The first-order chi connectivity index (χ1) is 15.3. The van der Waals surface area contributed by atoms with Crippen LogP contribution in [0.5, 0.6) is 0 Å². The van der Waals surface area contributed by atoms with Gasteiger partial charge in [0.1, 0.15) is 23.9 Å². The molecule has 0 bridgehead atoms. The summed E-state index contributed by atoms with van der Waals surface area (Å²) in [4.78, 5) is 38.4. The highest BCUT2D eigenvalue weighted by atomic mass is 32.2. The number of aryl methyl sites for hydroxylation is 2. The minimum Gasteiger partial charge on any atom is -0.457 e. The first-order valence-electron chi connectivity index (χ1n) is 9.78. The fourth-order valence-electron chi connectivity index (χ4n) is 3.16. The Balaban J connectivity index is 1.45. The number of anilines is 1. The Morgan fingerprint density at radius 3 is 2.66 bits per heavy atom. The third kappa shape index (κ3) is 4.65. The molecular formula is C24H19FN2O4S. The van der Waals surface area contributed by atoms with Crippen LogP contribution in [0.3, 0.4) is 0 Å². The maximum absolute atomic E-state index is 13.4. The second-order valence-corrected chi connectivity index (χ2v) is 8.32. The van der Waals surface area contributed by atoms with Gasteiger partial charge >= 0.3 is 0 Å². The van der Waals surface area contributed by atoms with Gasteiger partial charge in [0.2, 0.25) is 5.91 Å². The van der Waals surface area contributed by atoms with E-state index >= 15 is 0 Å². The molecule has 6 nitrogen and oxygen atoms in total. The number of amides is 3. The molecule has 1 saturated heterocycles. The zero-order chi connectivity index (χ0) is 22.8. The second kappa shape index (κ2) is 8.84. The number of furan rings is 1. The summed E-state index contributed by atoms with van der Waals surface area (Å²) in [6.07, 6.45) is 1.44. The molecule has 0 spiro atoms. The molecule has 0 aliphatic carbocycles. The van der Waals surface area contributed by atoms with Crippen LogP contribution in [0.4, 0.5) is 14.9 Å². The molecule has 0 atom stereocenters. The summed E-state index contributed by atoms with van der Waals surface area (Å²) < 4.78 is 19.1. The number of hydrogen-bond acceptors (Lipinski definition) is 5. The van der Waals surface area contributed by atoms with Gasteiger partial charge in [-0.1, -0.05) is 18.2 Å². The molecule has 2 aromatic carbocycles. The molecule has 1 fully saturated rings. The Labute approximate surface area is 188 Å². The van der Waals surface area contributed by atoms with Crippen LogP contribution in [0.25, 0.3) is 17.4 Å². The summed E-state index contributed by atoms with van der Waals surface area (Å²) in [5.41, 5.74) is 3.27. The smallest absolute Gasteiger partial charge is 0.294 e. The SMILES string of the molecule is Cc1ccc(NC(=O)CN2C(=O)S/C(=C\c3ccc(-c4cccc(F)c4)o3)C2=O)cc1C. The van der Waals surface area contributed by atoms with Crippen molar-refractivity contribution in [2.75, 3.05) is 11.9 Å². The number of nitrogens with one attached hydrogen (secondary N) is 1. The van der Waals surface area contributed by atoms with E-state index in [1.54, 1.807) is 30.3 Å². The number of imide groups is 1. The molecule has 1 aliphatic heterocycles. The van der Waals surface area contributed by atoms with Crippen molar-refractivity contribution >= 4 is 40.6 Å². The number of rotatable bonds is 5. The molecule has 3 aromatic rings. The minimum absolute atomic E-state index is 0.147. The van der Waals surface area contributed by atoms with E-state index < -0.39 is 17.1 Å². The highest BCUT2D eigenvalue weighted by Gasteiger charge is 2.36.